The van der Waals surface area contributed by atoms with Crippen LogP contribution in [0.25, 0.3) is 0 Å². The van der Waals surface area contributed by atoms with E-state index in [1.807, 2.05) is 39.0 Å². The van der Waals surface area contributed by atoms with Crippen molar-refractivity contribution in [1.82, 2.24) is 4.90 Å². The maximum atomic E-state index is 12.5. The molecule has 1 N–H and O–H groups in total. The molecule has 1 aliphatic rings. The minimum atomic E-state index is -0.754. The van der Waals surface area contributed by atoms with Gasteiger partial charge in [-0.2, -0.15) is 0 Å². The first-order valence-corrected chi connectivity index (χ1v) is 6.99. The summed E-state index contributed by atoms with van der Waals surface area (Å²) in [4.78, 5) is 25.4. The standard InChI is InChI=1S/C16H21NO3/c1-10-4-5-13(11(2)8-10)15(18)17-7-6-14(16(19)20)12(3)9-17/h4-5,8,12,14H,6-7,9H2,1-3H3,(H,19,20). The number of hydrogen-bond donors (Lipinski definition) is 1. The molecular weight excluding hydrogens is 254 g/mol. The van der Waals surface area contributed by atoms with Gasteiger partial charge < -0.3 is 10.0 Å². The van der Waals surface area contributed by atoms with Crippen LogP contribution in [0.3, 0.4) is 0 Å². The highest BCUT2D eigenvalue weighted by molar-refractivity contribution is 5.95. The molecule has 4 heteroatoms. The van der Waals surface area contributed by atoms with E-state index in [1.165, 1.54) is 0 Å². The van der Waals surface area contributed by atoms with Gasteiger partial charge in [0.2, 0.25) is 0 Å². The third-order valence-electron chi connectivity index (χ3n) is 4.12. The monoisotopic (exact) mass is 275 g/mol. The zero-order valence-corrected chi connectivity index (χ0v) is 12.2. The van der Waals surface area contributed by atoms with Crippen LogP contribution < -0.4 is 0 Å². The van der Waals surface area contributed by atoms with Crippen LogP contribution in [0.1, 0.15) is 34.8 Å². The Kier molecular flexibility index (Phi) is 4.12. The van der Waals surface area contributed by atoms with Crippen molar-refractivity contribution in [3.8, 4) is 0 Å². The van der Waals surface area contributed by atoms with E-state index in [4.69, 9.17) is 5.11 Å². The fraction of sp³-hybridized carbons (Fsp3) is 0.500. The van der Waals surface area contributed by atoms with Crippen molar-refractivity contribution in [2.24, 2.45) is 11.8 Å². The first-order valence-electron chi connectivity index (χ1n) is 6.99. The Morgan fingerprint density at radius 2 is 2.00 bits per heavy atom. The summed E-state index contributed by atoms with van der Waals surface area (Å²) in [6.45, 7) is 6.88. The number of piperidine rings is 1. The van der Waals surface area contributed by atoms with Crippen LogP contribution in [-0.2, 0) is 4.79 Å². The Bertz CT molecular complexity index is 539. The maximum absolute atomic E-state index is 12.5. The van der Waals surface area contributed by atoms with Crippen LogP contribution in [0.2, 0.25) is 0 Å². The van der Waals surface area contributed by atoms with Gasteiger partial charge in [0, 0.05) is 18.7 Å². The number of carboxylic acid groups (broad SMARTS) is 1. The highest BCUT2D eigenvalue weighted by Gasteiger charge is 2.33. The molecule has 0 saturated carbocycles. The molecule has 1 saturated heterocycles. The average molecular weight is 275 g/mol. The fourth-order valence-corrected chi connectivity index (χ4v) is 2.92. The van der Waals surface area contributed by atoms with Crippen LogP contribution >= 0.6 is 0 Å². The summed E-state index contributed by atoms with van der Waals surface area (Å²) in [7, 11) is 0. The molecular formula is C16H21NO3. The molecule has 20 heavy (non-hydrogen) atoms. The van der Waals surface area contributed by atoms with Gasteiger partial charge in [-0.3, -0.25) is 9.59 Å². The number of aliphatic carboxylic acids is 1. The van der Waals surface area contributed by atoms with Gasteiger partial charge in [-0.15, -0.1) is 0 Å². The van der Waals surface area contributed by atoms with Crippen molar-refractivity contribution in [1.29, 1.82) is 0 Å². The zero-order chi connectivity index (χ0) is 14.9. The van der Waals surface area contributed by atoms with Gasteiger partial charge in [-0.25, -0.2) is 0 Å². The average Bonchev–Trinajstić information content (AvgIpc) is 2.37. The SMILES string of the molecule is Cc1ccc(C(=O)N2CCC(C(=O)O)C(C)C2)c(C)c1. The van der Waals surface area contributed by atoms with Gasteiger partial charge >= 0.3 is 5.97 Å². The van der Waals surface area contributed by atoms with E-state index in [2.05, 4.69) is 0 Å². The molecule has 0 aromatic heterocycles. The van der Waals surface area contributed by atoms with E-state index in [1.54, 1.807) is 4.90 Å². The van der Waals surface area contributed by atoms with E-state index in [0.717, 1.165) is 16.7 Å². The molecule has 1 aromatic carbocycles. The molecule has 2 rings (SSSR count). The van der Waals surface area contributed by atoms with Crippen LogP contribution in [0.15, 0.2) is 18.2 Å². The lowest BCUT2D eigenvalue weighted by molar-refractivity contribution is -0.145. The molecule has 0 spiro atoms. The maximum Gasteiger partial charge on any atom is 0.306 e. The largest absolute Gasteiger partial charge is 0.481 e. The first kappa shape index (κ1) is 14.6. The van der Waals surface area contributed by atoms with Gasteiger partial charge in [0.25, 0.3) is 5.91 Å². The second kappa shape index (κ2) is 5.65. The molecule has 1 aliphatic heterocycles. The van der Waals surface area contributed by atoms with E-state index < -0.39 is 5.97 Å². The molecule has 4 nitrogen and oxygen atoms in total. The number of benzene rings is 1. The Labute approximate surface area is 119 Å². The van der Waals surface area contributed by atoms with Crippen LogP contribution in [0.5, 0.6) is 0 Å². The second-order valence-corrected chi connectivity index (χ2v) is 5.78. The Morgan fingerprint density at radius 1 is 1.30 bits per heavy atom. The Balaban J connectivity index is 2.13. The van der Waals surface area contributed by atoms with Crippen LogP contribution in [-0.4, -0.2) is 35.0 Å². The first-order chi connectivity index (χ1) is 9.40. The summed E-state index contributed by atoms with van der Waals surface area (Å²) in [5, 5.41) is 9.12. The lowest BCUT2D eigenvalue weighted by Gasteiger charge is -2.35. The number of amides is 1. The zero-order valence-electron chi connectivity index (χ0n) is 12.2. The minimum absolute atomic E-state index is 0.00375. The number of carbonyl (C=O) groups is 2. The molecule has 1 heterocycles. The predicted octanol–water partition coefficient (Wildman–Crippen LogP) is 2.49. The van der Waals surface area contributed by atoms with Gasteiger partial charge in [0.1, 0.15) is 0 Å². The Hall–Kier alpha value is -1.84. The minimum Gasteiger partial charge on any atom is -0.481 e. The molecule has 1 aromatic rings. The predicted molar refractivity (Wildman–Crippen MR) is 76.7 cm³/mol. The summed E-state index contributed by atoms with van der Waals surface area (Å²) in [6, 6.07) is 5.80. The summed E-state index contributed by atoms with van der Waals surface area (Å²) in [5.41, 5.74) is 2.83. The molecule has 0 bridgehead atoms. The number of carbonyl (C=O) groups excluding carboxylic acids is 1. The molecule has 0 aliphatic carbocycles. The molecule has 1 amide bonds. The number of aryl methyl sites for hydroxylation is 2. The fourth-order valence-electron chi connectivity index (χ4n) is 2.92. The smallest absolute Gasteiger partial charge is 0.306 e. The molecule has 2 unspecified atom stereocenters. The quantitative estimate of drug-likeness (QED) is 0.902. The van der Waals surface area contributed by atoms with Gasteiger partial charge in [-0.1, -0.05) is 24.6 Å². The second-order valence-electron chi connectivity index (χ2n) is 5.78. The molecule has 1 fully saturated rings. The van der Waals surface area contributed by atoms with Crippen molar-refractivity contribution in [2.45, 2.75) is 27.2 Å². The number of rotatable bonds is 2. The third kappa shape index (κ3) is 2.84. The normalized spacial score (nSPS) is 22.6. The van der Waals surface area contributed by atoms with Gasteiger partial charge in [0.05, 0.1) is 5.92 Å². The van der Waals surface area contributed by atoms with Gasteiger partial charge in [0.15, 0.2) is 0 Å². The summed E-state index contributed by atoms with van der Waals surface area (Å²) in [6.07, 6.45) is 0.535. The third-order valence-corrected chi connectivity index (χ3v) is 4.12. The van der Waals surface area contributed by atoms with Crippen LogP contribution in [0, 0.1) is 25.7 Å². The van der Waals surface area contributed by atoms with Crippen molar-refractivity contribution in [3.63, 3.8) is 0 Å². The molecule has 108 valence electrons. The van der Waals surface area contributed by atoms with E-state index in [-0.39, 0.29) is 17.7 Å². The van der Waals surface area contributed by atoms with Gasteiger partial charge in [-0.05, 0) is 37.8 Å². The lowest BCUT2D eigenvalue weighted by Crippen LogP contribution is -2.45. The van der Waals surface area contributed by atoms with Crippen molar-refractivity contribution < 1.29 is 14.7 Å². The van der Waals surface area contributed by atoms with E-state index >= 15 is 0 Å². The van der Waals surface area contributed by atoms with Crippen molar-refractivity contribution in [2.75, 3.05) is 13.1 Å². The summed E-state index contributed by atoms with van der Waals surface area (Å²) >= 11 is 0. The van der Waals surface area contributed by atoms with Crippen molar-refractivity contribution >= 4 is 11.9 Å². The molecule has 0 radical (unpaired) electrons. The van der Waals surface area contributed by atoms with E-state index in [9.17, 15) is 9.59 Å². The number of hydrogen-bond acceptors (Lipinski definition) is 2. The van der Waals surface area contributed by atoms with E-state index in [0.29, 0.717) is 19.5 Å². The highest BCUT2D eigenvalue weighted by Crippen LogP contribution is 2.25. The number of likely N-dealkylation sites (tertiary alicyclic amines) is 1. The summed E-state index contributed by atoms with van der Waals surface area (Å²) < 4.78 is 0. The molecule has 2 atom stereocenters. The van der Waals surface area contributed by atoms with Crippen molar-refractivity contribution in [3.05, 3.63) is 34.9 Å². The summed E-state index contributed by atoms with van der Waals surface area (Å²) in [5.74, 6) is -1.08. The topological polar surface area (TPSA) is 57.6 Å². The lowest BCUT2D eigenvalue weighted by atomic mass is 9.86. The number of carboxylic acids is 1. The van der Waals surface area contributed by atoms with Crippen LogP contribution in [0.4, 0.5) is 0 Å². The Morgan fingerprint density at radius 3 is 2.55 bits per heavy atom. The number of nitrogens with zero attached hydrogens (tertiary/aromatic N) is 1. The highest BCUT2D eigenvalue weighted by atomic mass is 16.4.